The lowest BCUT2D eigenvalue weighted by Gasteiger charge is -2.36. The second-order valence-electron chi connectivity index (χ2n) is 9.40. The number of ether oxygens (including phenoxy) is 1. The van der Waals surface area contributed by atoms with Gasteiger partial charge in [0.05, 0.1) is 7.11 Å². The second-order valence-corrected chi connectivity index (χ2v) is 9.40. The Balaban J connectivity index is 1.07. The van der Waals surface area contributed by atoms with Gasteiger partial charge in [0.1, 0.15) is 11.4 Å². The topological polar surface area (TPSA) is 64.4 Å². The molecule has 2 aromatic carbocycles. The average Bonchev–Trinajstić information content (AvgIpc) is 3.48. The lowest BCUT2D eigenvalue weighted by molar-refractivity contribution is 0.0735. The molecule has 2 aliphatic heterocycles. The molecule has 2 aliphatic rings. The molecule has 2 saturated heterocycles. The number of H-pyrrole nitrogens is 2. The van der Waals surface area contributed by atoms with Gasteiger partial charge in [-0.3, -0.25) is 9.69 Å². The quantitative estimate of drug-likeness (QED) is 0.432. The molecule has 0 atom stereocenters. The summed E-state index contributed by atoms with van der Waals surface area (Å²) in [5.41, 5.74) is 5.38. The second kappa shape index (κ2) is 8.69. The number of hydrogen-bond acceptors (Lipinski definition) is 3. The van der Waals surface area contributed by atoms with E-state index in [9.17, 15) is 4.79 Å². The summed E-state index contributed by atoms with van der Waals surface area (Å²) >= 11 is 0. The number of nitrogens with one attached hydrogen (secondary N) is 2. The Bertz CT molecular complexity index is 1370. The third-order valence-corrected chi connectivity index (χ3v) is 7.48. The molecular formula is C28H30N4O2. The lowest BCUT2D eigenvalue weighted by atomic mass is 9.89. The third kappa shape index (κ3) is 3.78. The molecule has 6 nitrogen and oxygen atoms in total. The Labute approximate surface area is 199 Å². The lowest BCUT2D eigenvalue weighted by Crippen LogP contribution is -2.41. The van der Waals surface area contributed by atoms with Crippen molar-refractivity contribution in [3.8, 4) is 5.75 Å². The number of methoxy groups -OCH3 is 1. The molecule has 0 saturated carbocycles. The van der Waals surface area contributed by atoms with E-state index in [4.69, 9.17) is 4.74 Å². The zero-order valence-corrected chi connectivity index (χ0v) is 19.5. The minimum absolute atomic E-state index is 0.0470. The van der Waals surface area contributed by atoms with Gasteiger partial charge >= 0.3 is 0 Å². The Morgan fingerprint density at radius 2 is 1.94 bits per heavy atom. The zero-order valence-electron chi connectivity index (χ0n) is 19.5. The van der Waals surface area contributed by atoms with Crippen molar-refractivity contribution in [2.75, 3.05) is 33.3 Å². The molecule has 2 aromatic heterocycles. The van der Waals surface area contributed by atoms with Crippen LogP contribution in [0, 0.1) is 0 Å². The molecular weight excluding hydrogens is 424 g/mol. The number of benzene rings is 2. The Hall–Kier alpha value is -3.51. The highest BCUT2D eigenvalue weighted by Crippen LogP contribution is 2.33. The van der Waals surface area contributed by atoms with E-state index in [1.807, 2.05) is 29.2 Å². The fourth-order valence-corrected chi connectivity index (χ4v) is 5.38. The largest absolute Gasteiger partial charge is 0.497 e. The first kappa shape index (κ1) is 21.1. The van der Waals surface area contributed by atoms with E-state index in [2.05, 4.69) is 51.4 Å². The number of para-hydroxylation sites is 1. The van der Waals surface area contributed by atoms with Gasteiger partial charge < -0.3 is 19.6 Å². The summed E-state index contributed by atoms with van der Waals surface area (Å²) in [4.78, 5) is 24.2. The van der Waals surface area contributed by atoms with E-state index in [0.29, 0.717) is 11.6 Å². The standard InChI is InChI=1S/C28H30N4O2/c1-34-22-7-6-20-16-27(30-26(20)17-22)28(33)32-15-11-21(32)10-14-31-12-8-19(9-13-31)24-18-29-25-5-3-2-4-23(24)25/h2-7,10,16-19,29-30H,8-9,11-15H2,1H3. The van der Waals surface area contributed by atoms with Gasteiger partial charge in [-0.25, -0.2) is 0 Å². The molecule has 2 fully saturated rings. The molecule has 0 bridgehead atoms. The number of likely N-dealkylation sites (tertiary alicyclic amines) is 2. The summed E-state index contributed by atoms with van der Waals surface area (Å²) in [5, 5.41) is 2.38. The van der Waals surface area contributed by atoms with E-state index in [-0.39, 0.29) is 5.91 Å². The molecule has 0 spiro atoms. The summed E-state index contributed by atoms with van der Waals surface area (Å²) in [5.74, 6) is 1.44. The molecule has 6 heteroatoms. The van der Waals surface area contributed by atoms with Crippen LogP contribution in [0.3, 0.4) is 0 Å². The average molecular weight is 455 g/mol. The number of piperidine rings is 1. The Kier molecular flexibility index (Phi) is 5.38. The number of aromatic amines is 2. The molecule has 2 N–H and O–H groups in total. The Morgan fingerprint density at radius 3 is 2.74 bits per heavy atom. The molecule has 34 heavy (non-hydrogen) atoms. The minimum atomic E-state index is 0.0470. The maximum absolute atomic E-state index is 13.1. The van der Waals surface area contributed by atoms with Crippen molar-refractivity contribution in [2.45, 2.75) is 25.2 Å². The molecule has 0 aliphatic carbocycles. The van der Waals surface area contributed by atoms with Crippen LogP contribution in [0.5, 0.6) is 5.75 Å². The van der Waals surface area contributed by atoms with Gasteiger partial charge in [-0.05, 0) is 61.7 Å². The van der Waals surface area contributed by atoms with Crippen molar-refractivity contribution < 1.29 is 9.53 Å². The highest BCUT2D eigenvalue weighted by Gasteiger charge is 2.29. The van der Waals surface area contributed by atoms with Crippen LogP contribution in [-0.4, -0.2) is 59.0 Å². The van der Waals surface area contributed by atoms with Gasteiger partial charge in [-0.2, -0.15) is 0 Å². The SMILES string of the molecule is COc1ccc2cc(C(=O)N3CCC3=CCN3CCC(c4c[nH]c5ccccc45)CC3)[nH]c2c1. The fourth-order valence-electron chi connectivity index (χ4n) is 5.38. The minimum Gasteiger partial charge on any atom is -0.497 e. The highest BCUT2D eigenvalue weighted by molar-refractivity contribution is 5.99. The van der Waals surface area contributed by atoms with Crippen LogP contribution in [0.15, 0.2) is 66.5 Å². The van der Waals surface area contributed by atoms with Crippen molar-refractivity contribution in [1.82, 2.24) is 19.8 Å². The maximum atomic E-state index is 13.1. The predicted molar refractivity (Wildman–Crippen MR) is 135 cm³/mol. The van der Waals surface area contributed by atoms with E-state index in [1.54, 1.807) is 7.11 Å². The van der Waals surface area contributed by atoms with Crippen LogP contribution in [-0.2, 0) is 0 Å². The number of nitrogens with zero attached hydrogens (tertiary/aromatic N) is 2. The summed E-state index contributed by atoms with van der Waals surface area (Å²) in [7, 11) is 1.65. The molecule has 1 amide bonds. The van der Waals surface area contributed by atoms with E-state index >= 15 is 0 Å². The first-order valence-electron chi connectivity index (χ1n) is 12.2. The maximum Gasteiger partial charge on any atom is 0.274 e. The molecule has 174 valence electrons. The molecule has 0 radical (unpaired) electrons. The van der Waals surface area contributed by atoms with Gasteiger partial charge in [0, 0.05) is 59.3 Å². The summed E-state index contributed by atoms with van der Waals surface area (Å²) in [6.07, 6.45) is 7.76. The Morgan fingerprint density at radius 1 is 1.09 bits per heavy atom. The van der Waals surface area contributed by atoms with E-state index in [0.717, 1.165) is 54.9 Å². The van der Waals surface area contributed by atoms with E-state index in [1.165, 1.54) is 29.3 Å². The highest BCUT2D eigenvalue weighted by atomic mass is 16.5. The van der Waals surface area contributed by atoms with Crippen molar-refractivity contribution >= 4 is 27.7 Å². The molecule has 4 heterocycles. The van der Waals surface area contributed by atoms with Crippen molar-refractivity contribution in [3.63, 3.8) is 0 Å². The van der Waals surface area contributed by atoms with Crippen LogP contribution in [0.1, 0.15) is 41.2 Å². The number of carbonyl (C=O) groups is 1. The van der Waals surface area contributed by atoms with Gasteiger partial charge in [0.25, 0.3) is 5.91 Å². The van der Waals surface area contributed by atoms with Crippen molar-refractivity contribution in [1.29, 1.82) is 0 Å². The van der Waals surface area contributed by atoms with Crippen LogP contribution in [0.4, 0.5) is 0 Å². The number of hydrogen-bond donors (Lipinski definition) is 2. The van der Waals surface area contributed by atoms with Gasteiger partial charge in [0.15, 0.2) is 0 Å². The number of rotatable bonds is 5. The van der Waals surface area contributed by atoms with Gasteiger partial charge in [0.2, 0.25) is 0 Å². The normalized spacial score (nSPS) is 18.6. The number of carbonyl (C=O) groups excluding carboxylic acids is 1. The summed E-state index contributed by atoms with van der Waals surface area (Å²) < 4.78 is 5.29. The van der Waals surface area contributed by atoms with Crippen LogP contribution >= 0.6 is 0 Å². The number of amides is 1. The summed E-state index contributed by atoms with van der Waals surface area (Å²) in [6.45, 7) is 3.87. The van der Waals surface area contributed by atoms with Crippen LogP contribution in [0.2, 0.25) is 0 Å². The van der Waals surface area contributed by atoms with Crippen LogP contribution < -0.4 is 4.74 Å². The van der Waals surface area contributed by atoms with Crippen molar-refractivity contribution in [2.24, 2.45) is 0 Å². The smallest absolute Gasteiger partial charge is 0.274 e. The third-order valence-electron chi connectivity index (χ3n) is 7.48. The molecule has 0 unspecified atom stereocenters. The first-order valence-corrected chi connectivity index (χ1v) is 12.2. The zero-order chi connectivity index (χ0) is 23.1. The number of aromatic nitrogens is 2. The first-order chi connectivity index (χ1) is 16.7. The van der Waals surface area contributed by atoms with Crippen LogP contribution in [0.25, 0.3) is 21.8 Å². The molecule has 4 aromatic rings. The fraction of sp³-hybridized carbons (Fsp3) is 0.321. The summed E-state index contributed by atoms with van der Waals surface area (Å²) in [6, 6.07) is 16.3. The van der Waals surface area contributed by atoms with Gasteiger partial charge in [-0.15, -0.1) is 0 Å². The molecule has 6 rings (SSSR count). The monoisotopic (exact) mass is 454 g/mol. The van der Waals surface area contributed by atoms with E-state index < -0.39 is 0 Å². The van der Waals surface area contributed by atoms with Gasteiger partial charge in [-0.1, -0.05) is 24.3 Å². The van der Waals surface area contributed by atoms with Crippen molar-refractivity contribution in [3.05, 3.63) is 77.8 Å². The number of fused-ring (bicyclic) bond motifs is 2. The predicted octanol–water partition coefficient (Wildman–Crippen LogP) is 5.27.